The number of rotatable bonds is 6. The fraction of sp³-hybridized carbons (Fsp3) is 0.182. The second kappa shape index (κ2) is 9.38. The average Bonchev–Trinajstić information content (AvgIpc) is 2.71. The summed E-state index contributed by atoms with van der Waals surface area (Å²) in [5, 5.41) is 0.583. The smallest absolute Gasteiger partial charge is 0.360 e. The van der Waals surface area contributed by atoms with Gasteiger partial charge in [0.2, 0.25) is 0 Å². The van der Waals surface area contributed by atoms with Crippen LogP contribution in [0.15, 0.2) is 36.4 Å². The minimum absolute atomic E-state index is 0.113. The Morgan fingerprint density at radius 2 is 1.59 bits per heavy atom. The van der Waals surface area contributed by atoms with Crippen LogP contribution in [0, 0.1) is 11.6 Å². The summed E-state index contributed by atoms with van der Waals surface area (Å²) in [6.07, 6.45) is 0. The highest BCUT2D eigenvalue weighted by Gasteiger charge is 2.24. The summed E-state index contributed by atoms with van der Waals surface area (Å²) in [4.78, 5) is 39.4. The van der Waals surface area contributed by atoms with E-state index in [0.29, 0.717) is 11.5 Å². The van der Waals surface area contributed by atoms with E-state index in [-0.39, 0.29) is 40.6 Å². The van der Waals surface area contributed by atoms with Gasteiger partial charge in [-0.3, -0.25) is 9.59 Å². The Kier molecular flexibility index (Phi) is 6.62. The van der Waals surface area contributed by atoms with E-state index in [9.17, 15) is 23.2 Å². The standard InChI is InChI=1S/C22H17F2NO7/c1-11(26)30-10-19-17-5-4-15(32-16-7-13(23)6-14(24)8-16)9-18(17)21(31-12(2)27)20(25-19)22(28)29-3/h4-9H,10H2,1-3H3. The molecule has 0 radical (unpaired) electrons. The molecule has 1 heterocycles. The molecule has 0 amide bonds. The zero-order valence-corrected chi connectivity index (χ0v) is 17.2. The van der Waals surface area contributed by atoms with Crippen LogP contribution in [-0.2, 0) is 25.7 Å². The fourth-order valence-corrected chi connectivity index (χ4v) is 2.89. The molecule has 0 fully saturated rings. The summed E-state index contributed by atoms with van der Waals surface area (Å²) in [6.45, 7) is 2.07. The number of hydrogen-bond acceptors (Lipinski definition) is 8. The Hall–Kier alpha value is -4.08. The summed E-state index contributed by atoms with van der Waals surface area (Å²) >= 11 is 0. The number of fused-ring (bicyclic) bond motifs is 1. The summed E-state index contributed by atoms with van der Waals surface area (Å²) in [6, 6.07) is 7.04. The third kappa shape index (κ3) is 5.15. The molecule has 3 rings (SSSR count). The summed E-state index contributed by atoms with van der Waals surface area (Å²) in [7, 11) is 1.12. The Bertz CT molecular complexity index is 1210. The van der Waals surface area contributed by atoms with E-state index < -0.39 is 29.5 Å². The molecule has 0 aliphatic rings. The van der Waals surface area contributed by atoms with Gasteiger partial charge >= 0.3 is 17.9 Å². The highest BCUT2D eigenvalue weighted by molar-refractivity contribution is 6.02. The molecule has 0 atom stereocenters. The number of ether oxygens (including phenoxy) is 4. The van der Waals surface area contributed by atoms with Crippen molar-refractivity contribution in [2.75, 3.05) is 7.11 Å². The van der Waals surface area contributed by atoms with Gasteiger partial charge in [-0.15, -0.1) is 0 Å². The van der Waals surface area contributed by atoms with Crippen LogP contribution in [-0.4, -0.2) is 30.0 Å². The number of carbonyl (C=O) groups is 3. The van der Waals surface area contributed by atoms with E-state index in [1.807, 2.05) is 0 Å². The van der Waals surface area contributed by atoms with Gasteiger partial charge in [0.1, 0.15) is 29.7 Å². The average molecular weight is 445 g/mol. The minimum Gasteiger partial charge on any atom is -0.464 e. The molecule has 0 bridgehead atoms. The molecule has 1 aromatic heterocycles. The quantitative estimate of drug-likeness (QED) is 0.523. The van der Waals surface area contributed by atoms with Crippen LogP contribution in [0.4, 0.5) is 8.78 Å². The van der Waals surface area contributed by atoms with Gasteiger partial charge in [-0.2, -0.15) is 0 Å². The highest BCUT2D eigenvalue weighted by Crippen LogP contribution is 2.36. The normalized spacial score (nSPS) is 10.5. The van der Waals surface area contributed by atoms with Gasteiger partial charge in [0, 0.05) is 42.8 Å². The number of aromatic nitrogens is 1. The van der Waals surface area contributed by atoms with Crippen molar-refractivity contribution in [3.63, 3.8) is 0 Å². The van der Waals surface area contributed by atoms with Crippen molar-refractivity contribution in [2.24, 2.45) is 0 Å². The largest absolute Gasteiger partial charge is 0.464 e. The summed E-state index contributed by atoms with van der Waals surface area (Å²) in [5.74, 6) is -4.06. The van der Waals surface area contributed by atoms with E-state index in [0.717, 1.165) is 26.2 Å². The lowest BCUT2D eigenvalue weighted by atomic mass is 10.1. The molecule has 0 spiro atoms. The van der Waals surface area contributed by atoms with Gasteiger partial charge in [0.05, 0.1) is 12.8 Å². The van der Waals surface area contributed by atoms with E-state index in [1.165, 1.54) is 25.1 Å². The van der Waals surface area contributed by atoms with Gasteiger partial charge in [0.15, 0.2) is 11.4 Å². The first kappa shape index (κ1) is 22.6. The molecule has 0 aliphatic carbocycles. The molecule has 10 heteroatoms. The van der Waals surface area contributed by atoms with Crippen molar-refractivity contribution in [1.82, 2.24) is 4.98 Å². The Balaban J connectivity index is 2.20. The molecule has 0 aliphatic heterocycles. The lowest BCUT2D eigenvalue weighted by Gasteiger charge is -2.15. The monoisotopic (exact) mass is 445 g/mol. The molecule has 0 N–H and O–H groups in total. The number of halogens is 2. The number of benzene rings is 2. The number of pyridine rings is 1. The number of carbonyl (C=O) groups excluding carboxylic acids is 3. The summed E-state index contributed by atoms with van der Waals surface area (Å²) < 4.78 is 47.5. The molecular formula is C22H17F2NO7. The zero-order valence-electron chi connectivity index (χ0n) is 17.2. The lowest BCUT2D eigenvalue weighted by molar-refractivity contribution is -0.142. The number of hydrogen-bond donors (Lipinski definition) is 0. The van der Waals surface area contributed by atoms with Gasteiger partial charge in [0.25, 0.3) is 0 Å². The van der Waals surface area contributed by atoms with Gasteiger partial charge < -0.3 is 18.9 Å². The molecule has 2 aromatic carbocycles. The molecule has 0 saturated heterocycles. The van der Waals surface area contributed by atoms with Gasteiger partial charge in [-0.05, 0) is 18.2 Å². The fourth-order valence-electron chi connectivity index (χ4n) is 2.89. The maximum atomic E-state index is 13.5. The van der Waals surface area contributed by atoms with Crippen molar-refractivity contribution in [1.29, 1.82) is 0 Å². The van der Waals surface area contributed by atoms with Crippen molar-refractivity contribution >= 4 is 28.7 Å². The second-order valence-electron chi connectivity index (χ2n) is 6.52. The van der Waals surface area contributed by atoms with Crippen LogP contribution in [0.5, 0.6) is 17.2 Å². The number of nitrogens with zero attached hydrogens (tertiary/aromatic N) is 1. The molecule has 32 heavy (non-hydrogen) atoms. The van der Waals surface area contributed by atoms with Crippen LogP contribution in [0.2, 0.25) is 0 Å². The second-order valence-corrected chi connectivity index (χ2v) is 6.52. The van der Waals surface area contributed by atoms with Crippen molar-refractivity contribution in [3.05, 3.63) is 59.4 Å². The van der Waals surface area contributed by atoms with Gasteiger partial charge in [-0.25, -0.2) is 18.6 Å². The molecule has 166 valence electrons. The Labute approximate surface area is 180 Å². The van der Waals surface area contributed by atoms with E-state index in [2.05, 4.69) is 4.98 Å². The van der Waals surface area contributed by atoms with Crippen molar-refractivity contribution in [2.45, 2.75) is 20.5 Å². The highest BCUT2D eigenvalue weighted by atomic mass is 19.1. The third-order valence-electron chi connectivity index (χ3n) is 4.12. The van der Waals surface area contributed by atoms with Gasteiger partial charge in [-0.1, -0.05) is 0 Å². The van der Waals surface area contributed by atoms with E-state index >= 15 is 0 Å². The van der Waals surface area contributed by atoms with Crippen LogP contribution in [0.3, 0.4) is 0 Å². The SMILES string of the molecule is COC(=O)c1nc(COC(C)=O)c2ccc(Oc3cc(F)cc(F)c3)cc2c1OC(C)=O. The molecule has 8 nitrogen and oxygen atoms in total. The first-order chi connectivity index (χ1) is 15.2. The van der Waals surface area contributed by atoms with Crippen LogP contribution in [0.1, 0.15) is 30.0 Å². The zero-order chi connectivity index (χ0) is 23.4. The van der Waals surface area contributed by atoms with Crippen LogP contribution < -0.4 is 9.47 Å². The van der Waals surface area contributed by atoms with Crippen molar-refractivity contribution in [3.8, 4) is 17.2 Å². The van der Waals surface area contributed by atoms with Crippen molar-refractivity contribution < 1.29 is 42.1 Å². The number of methoxy groups -OCH3 is 1. The molecule has 3 aromatic rings. The van der Waals surface area contributed by atoms with E-state index in [4.69, 9.17) is 18.9 Å². The Morgan fingerprint density at radius 1 is 0.906 bits per heavy atom. The first-order valence-electron chi connectivity index (χ1n) is 9.18. The lowest BCUT2D eigenvalue weighted by Crippen LogP contribution is -2.14. The van der Waals surface area contributed by atoms with Crippen LogP contribution in [0.25, 0.3) is 10.8 Å². The summed E-state index contributed by atoms with van der Waals surface area (Å²) in [5.41, 5.74) is -0.138. The maximum absolute atomic E-state index is 13.5. The molecule has 0 unspecified atom stereocenters. The topological polar surface area (TPSA) is 101 Å². The minimum atomic E-state index is -0.897. The molecule has 0 saturated carbocycles. The Morgan fingerprint density at radius 3 is 2.19 bits per heavy atom. The predicted octanol–water partition coefficient (Wildman–Crippen LogP) is 4.08. The number of esters is 3. The first-order valence-corrected chi connectivity index (χ1v) is 9.18. The molecular weight excluding hydrogens is 428 g/mol. The predicted molar refractivity (Wildman–Crippen MR) is 106 cm³/mol. The third-order valence-corrected chi connectivity index (χ3v) is 4.12. The van der Waals surface area contributed by atoms with E-state index in [1.54, 1.807) is 0 Å². The van der Waals surface area contributed by atoms with Crippen LogP contribution >= 0.6 is 0 Å². The maximum Gasteiger partial charge on any atom is 0.360 e.